The van der Waals surface area contributed by atoms with E-state index in [0.29, 0.717) is 10.6 Å². The van der Waals surface area contributed by atoms with Crippen LogP contribution in [0.3, 0.4) is 0 Å². The van der Waals surface area contributed by atoms with E-state index >= 15 is 0 Å². The number of rotatable bonds is 1. The molecule has 2 heterocycles. The predicted octanol–water partition coefficient (Wildman–Crippen LogP) is 1.12. The van der Waals surface area contributed by atoms with Gasteiger partial charge in [-0.1, -0.05) is 5.16 Å². The van der Waals surface area contributed by atoms with Crippen molar-refractivity contribution in [2.75, 3.05) is 0 Å². The summed E-state index contributed by atoms with van der Waals surface area (Å²) in [6.07, 6.45) is 1.84. The van der Waals surface area contributed by atoms with Crippen molar-refractivity contribution >= 4 is 17.2 Å². The van der Waals surface area contributed by atoms with Crippen LogP contribution in [0.15, 0.2) is 27.2 Å². The first-order chi connectivity index (χ1) is 7.16. The average Bonchev–Trinajstić information content (AvgIpc) is 2.77. The highest BCUT2D eigenvalue weighted by molar-refractivity contribution is 7.07. The Morgan fingerprint density at radius 2 is 2.47 bits per heavy atom. The van der Waals surface area contributed by atoms with Crippen molar-refractivity contribution < 1.29 is 9.32 Å². The van der Waals surface area contributed by atoms with Gasteiger partial charge in [0.25, 0.3) is 0 Å². The minimum atomic E-state index is -0.384. The number of amides is 1. The topological polar surface area (TPSA) is 60.4 Å². The predicted molar refractivity (Wildman–Crippen MR) is 54.4 cm³/mol. The molecule has 2 rings (SSSR count). The lowest BCUT2D eigenvalue weighted by Crippen LogP contribution is -2.12. The van der Waals surface area contributed by atoms with Crippen molar-refractivity contribution in [3.05, 3.63) is 33.9 Å². The van der Waals surface area contributed by atoms with E-state index in [-0.39, 0.29) is 11.6 Å². The molecule has 1 amide bonds. The van der Waals surface area contributed by atoms with Gasteiger partial charge in [0.2, 0.25) is 0 Å². The first-order valence-electron chi connectivity index (χ1n) is 4.29. The molecule has 0 saturated heterocycles. The zero-order valence-corrected chi connectivity index (χ0v) is 9.11. The molecule has 0 spiro atoms. The first kappa shape index (κ1) is 9.85. The Balaban J connectivity index is 2.35. The molecular weight excluding hydrogens is 214 g/mol. The van der Waals surface area contributed by atoms with Crippen LogP contribution in [0.2, 0.25) is 0 Å². The number of nitrogens with zero attached hydrogens (tertiary/aromatic N) is 3. The lowest BCUT2D eigenvalue weighted by Gasteiger charge is -1.87. The Morgan fingerprint density at radius 3 is 3.00 bits per heavy atom. The smallest absolute Gasteiger partial charge is 0.301 e. The van der Waals surface area contributed by atoms with Crippen molar-refractivity contribution in [3.8, 4) is 0 Å². The van der Waals surface area contributed by atoms with E-state index < -0.39 is 0 Å². The molecule has 2 aromatic rings. The van der Waals surface area contributed by atoms with Crippen LogP contribution in [-0.4, -0.2) is 15.6 Å². The zero-order valence-electron chi connectivity index (χ0n) is 8.30. The highest BCUT2D eigenvalue weighted by Crippen LogP contribution is 2.02. The van der Waals surface area contributed by atoms with E-state index in [0.717, 1.165) is 0 Å². The molecule has 78 valence electrons. The largest absolute Gasteiger partial charge is 0.361 e. The monoisotopic (exact) mass is 223 g/mol. The maximum Gasteiger partial charge on any atom is 0.301 e. The van der Waals surface area contributed by atoms with Crippen molar-refractivity contribution in [2.45, 2.75) is 6.92 Å². The standard InChI is InChI=1S/C9H9N3O2S/c1-6-5-7(11-14-6)8(13)10-9-12(2)3-4-15-9/h3-5H,1-2H3. The molecule has 0 aliphatic heterocycles. The second-order valence-corrected chi connectivity index (χ2v) is 3.91. The van der Waals surface area contributed by atoms with Gasteiger partial charge >= 0.3 is 5.91 Å². The van der Waals surface area contributed by atoms with Gasteiger partial charge in [-0.15, -0.1) is 11.3 Å². The summed E-state index contributed by atoms with van der Waals surface area (Å²) >= 11 is 1.40. The molecule has 0 N–H and O–H groups in total. The number of hydrogen-bond acceptors (Lipinski definition) is 4. The Kier molecular flexibility index (Phi) is 2.51. The molecule has 0 aliphatic carbocycles. The van der Waals surface area contributed by atoms with E-state index in [1.54, 1.807) is 17.6 Å². The van der Waals surface area contributed by atoms with Crippen molar-refractivity contribution in [1.29, 1.82) is 0 Å². The number of carbonyl (C=O) groups excluding carboxylic acids is 1. The molecular formula is C9H9N3O2S. The molecule has 0 bridgehead atoms. The Labute approximate surface area is 89.7 Å². The Hall–Kier alpha value is -1.69. The fourth-order valence-electron chi connectivity index (χ4n) is 1.05. The second-order valence-electron chi connectivity index (χ2n) is 3.04. The lowest BCUT2D eigenvalue weighted by molar-refractivity contribution is 0.0989. The maximum atomic E-state index is 11.6. The van der Waals surface area contributed by atoms with Crippen LogP contribution in [0.5, 0.6) is 0 Å². The van der Waals surface area contributed by atoms with Crippen LogP contribution < -0.4 is 4.80 Å². The summed E-state index contributed by atoms with van der Waals surface area (Å²) in [6, 6.07) is 1.57. The minimum Gasteiger partial charge on any atom is -0.361 e. The molecule has 0 radical (unpaired) electrons. The van der Waals surface area contributed by atoms with Crippen LogP contribution in [0.1, 0.15) is 16.2 Å². The van der Waals surface area contributed by atoms with Gasteiger partial charge < -0.3 is 9.09 Å². The van der Waals surface area contributed by atoms with Crippen LogP contribution in [0, 0.1) is 6.92 Å². The van der Waals surface area contributed by atoms with Gasteiger partial charge in [-0.2, -0.15) is 4.99 Å². The molecule has 2 aromatic heterocycles. The highest BCUT2D eigenvalue weighted by atomic mass is 32.1. The quantitative estimate of drug-likeness (QED) is 0.728. The summed E-state index contributed by atoms with van der Waals surface area (Å²) < 4.78 is 6.57. The average molecular weight is 223 g/mol. The van der Waals surface area contributed by atoms with E-state index in [1.165, 1.54) is 11.3 Å². The van der Waals surface area contributed by atoms with E-state index in [9.17, 15) is 4.79 Å². The number of hydrogen-bond donors (Lipinski definition) is 0. The van der Waals surface area contributed by atoms with Gasteiger partial charge in [-0.3, -0.25) is 4.79 Å². The van der Waals surface area contributed by atoms with E-state index in [4.69, 9.17) is 4.52 Å². The maximum absolute atomic E-state index is 11.6. The summed E-state index contributed by atoms with van der Waals surface area (Å²) in [5, 5.41) is 5.46. The number of thiazole rings is 1. The van der Waals surface area contributed by atoms with Gasteiger partial charge in [-0.05, 0) is 6.92 Å². The molecule has 6 heteroatoms. The third kappa shape index (κ3) is 2.04. The number of aryl methyl sites for hydroxylation is 2. The third-order valence-corrected chi connectivity index (χ3v) is 2.65. The van der Waals surface area contributed by atoms with Crippen LogP contribution in [0.25, 0.3) is 0 Å². The van der Waals surface area contributed by atoms with Crippen molar-refractivity contribution in [2.24, 2.45) is 12.0 Å². The van der Waals surface area contributed by atoms with Gasteiger partial charge in [-0.25, -0.2) is 0 Å². The number of carbonyl (C=O) groups is 1. The molecule has 0 saturated carbocycles. The lowest BCUT2D eigenvalue weighted by atomic mass is 10.4. The highest BCUT2D eigenvalue weighted by Gasteiger charge is 2.09. The summed E-state index contributed by atoms with van der Waals surface area (Å²) in [7, 11) is 1.83. The number of aromatic nitrogens is 2. The van der Waals surface area contributed by atoms with Crippen LogP contribution in [0.4, 0.5) is 0 Å². The Bertz CT molecular complexity index is 549. The fourth-order valence-corrected chi connectivity index (χ4v) is 1.77. The van der Waals surface area contributed by atoms with Crippen molar-refractivity contribution in [3.63, 3.8) is 0 Å². The summed E-state index contributed by atoms with van der Waals surface area (Å²) in [6.45, 7) is 1.73. The molecule has 15 heavy (non-hydrogen) atoms. The summed E-state index contributed by atoms with van der Waals surface area (Å²) in [5.74, 6) is 0.217. The van der Waals surface area contributed by atoms with Gasteiger partial charge in [0.05, 0.1) is 0 Å². The third-order valence-electron chi connectivity index (χ3n) is 1.80. The van der Waals surface area contributed by atoms with E-state index in [2.05, 4.69) is 10.1 Å². The van der Waals surface area contributed by atoms with Crippen LogP contribution in [-0.2, 0) is 7.05 Å². The van der Waals surface area contributed by atoms with E-state index in [1.807, 2.05) is 18.6 Å². The summed E-state index contributed by atoms with van der Waals surface area (Å²) in [4.78, 5) is 16.1. The van der Waals surface area contributed by atoms with Crippen molar-refractivity contribution in [1.82, 2.24) is 9.72 Å². The summed E-state index contributed by atoms with van der Waals surface area (Å²) in [5.41, 5.74) is 0.237. The first-order valence-corrected chi connectivity index (χ1v) is 5.17. The fraction of sp³-hybridized carbons (Fsp3) is 0.222. The Morgan fingerprint density at radius 1 is 1.67 bits per heavy atom. The normalized spacial score (nSPS) is 12.0. The minimum absolute atomic E-state index is 0.237. The molecule has 5 nitrogen and oxygen atoms in total. The molecule has 0 aromatic carbocycles. The molecule has 0 aliphatic rings. The van der Waals surface area contributed by atoms with Gasteiger partial charge in [0.15, 0.2) is 10.5 Å². The zero-order chi connectivity index (χ0) is 10.8. The molecule has 0 unspecified atom stereocenters. The second kappa shape index (κ2) is 3.82. The van der Waals surface area contributed by atoms with Gasteiger partial charge in [0.1, 0.15) is 5.76 Å². The SMILES string of the molecule is Cc1cc(C(=O)N=c2sccn2C)no1. The molecule has 0 atom stereocenters. The van der Waals surface area contributed by atoms with Crippen LogP contribution >= 0.6 is 11.3 Å². The van der Waals surface area contributed by atoms with Gasteiger partial charge in [0, 0.05) is 24.7 Å². The molecule has 0 fully saturated rings.